The fourth-order valence-electron chi connectivity index (χ4n) is 4.95. The van der Waals surface area contributed by atoms with Gasteiger partial charge in [-0.3, -0.25) is 10.0 Å². The first-order valence-electron chi connectivity index (χ1n) is 12.4. The minimum absolute atomic E-state index is 0. The van der Waals surface area contributed by atoms with Crippen LogP contribution in [0.15, 0.2) is 24.3 Å². The van der Waals surface area contributed by atoms with E-state index in [2.05, 4.69) is 41.0 Å². The van der Waals surface area contributed by atoms with Crippen LogP contribution in [0.2, 0.25) is 0 Å². The molecule has 12 heteroatoms. The summed E-state index contributed by atoms with van der Waals surface area (Å²) < 4.78 is 32.3. The number of piperazine rings is 1. The smallest absolute Gasteiger partial charge is 0.266 e. The first-order valence-corrected chi connectivity index (χ1v) is 13.8. The molecule has 0 aliphatic carbocycles. The second-order valence-corrected chi connectivity index (χ2v) is 11.5. The number of hydrogen-bond donors (Lipinski definition) is 2. The lowest BCUT2D eigenvalue weighted by molar-refractivity contribution is -0.133. The van der Waals surface area contributed by atoms with Crippen LogP contribution in [-0.4, -0.2) is 93.0 Å². The maximum Gasteiger partial charge on any atom is 0.266 e. The average Bonchev–Trinajstić information content (AvgIpc) is 2.88. The zero-order valence-electron chi connectivity index (χ0n) is 21.4. The number of hydroxylamine groups is 1. The number of hydrogen-bond acceptors (Lipinski definition) is 7. The van der Waals surface area contributed by atoms with E-state index in [0.717, 1.165) is 12.1 Å². The third kappa shape index (κ3) is 7.46. The molecule has 9 nitrogen and oxygen atoms in total. The summed E-state index contributed by atoms with van der Waals surface area (Å²) in [7, 11) is -2.33. The van der Waals surface area contributed by atoms with Crippen LogP contribution in [-0.2, 0) is 26.0 Å². The number of rotatable bonds is 11. The fourth-order valence-corrected chi connectivity index (χ4v) is 7.07. The lowest BCUT2D eigenvalue weighted by Gasteiger charge is -2.44. The van der Waals surface area contributed by atoms with Gasteiger partial charge >= 0.3 is 0 Å². The molecule has 0 unspecified atom stereocenters. The van der Waals surface area contributed by atoms with Crippen molar-refractivity contribution in [2.45, 2.75) is 50.2 Å². The third-order valence-electron chi connectivity index (χ3n) is 7.23. The van der Waals surface area contributed by atoms with E-state index in [-0.39, 0.29) is 37.7 Å². The predicted octanol–water partition coefficient (Wildman–Crippen LogP) is 2.70. The maximum atomic E-state index is 13.7. The van der Waals surface area contributed by atoms with E-state index >= 15 is 0 Å². The molecule has 1 amide bonds. The van der Waals surface area contributed by atoms with E-state index in [1.807, 2.05) is 0 Å². The van der Waals surface area contributed by atoms with E-state index in [1.165, 1.54) is 29.1 Å². The number of methoxy groups -OCH3 is 1. The number of unbranched alkanes of at least 4 members (excludes halogenated alkanes) is 2. The molecule has 2 aliphatic heterocycles. The second kappa shape index (κ2) is 15.3. The number of ether oxygens (including phenoxy) is 1. The number of halogens is 2. The molecule has 2 fully saturated rings. The number of piperidine rings is 1. The standard InChI is InChI=1S/C24H40N4O5S.2ClH/c1-3-4-5-6-21-7-9-22(10-8-21)27-15-17-28(18-16-27)34(31,32)24(23(29)25-30)11-13-26(14-12-24)19-20-33-2;;/h7-10,30H,3-6,11-20H2,1-2H3,(H,25,29);2*1H. The van der Waals surface area contributed by atoms with Crippen molar-refractivity contribution in [3.8, 4) is 0 Å². The van der Waals surface area contributed by atoms with Crippen LogP contribution >= 0.6 is 24.8 Å². The quantitative estimate of drug-likeness (QED) is 0.240. The molecule has 208 valence electrons. The van der Waals surface area contributed by atoms with Crippen molar-refractivity contribution < 1.29 is 23.2 Å². The number of amides is 1. The van der Waals surface area contributed by atoms with Gasteiger partial charge in [-0.1, -0.05) is 31.9 Å². The lowest BCUT2D eigenvalue weighted by atomic mass is 9.95. The van der Waals surface area contributed by atoms with Gasteiger partial charge in [0.05, 0.1) is 6.61 Å². The number of nitrogens with zero attached hydrogens (tertiary/aromatic N) is 3. The Morgan fingerprint density at radius 1 is 1.03 bits per heavy atom. The highest BCUT2D eigenvalue weighted by molar-refractivity contribution is 7.91. The Labute approximate surface area is 228 Å². The Hall–Kier alpha value is -1.14. The van der Waals surface area contributed by atoms with Crippen LogP contribution in [0.4, 0.5) is 5.69 Å². The number of anilines is 1. The number of carbonyl (C=O) groups excluding carboxylic acids is 1. The van der Waals surface area contributed by atoms with Gasteiger partial charge in [-0.15, -0.1) is 24.8 Å². The van der Waals surface area contributed by atoms with Gasteiger partial charge < -0.3 is 14.5 Å². The van der Waals surface area contributed by atoms with E-state index in [0.29, 0.717) is 52.4 Å². The molecule has 0 aromatic heterocycles. The van der Waals surface area contributed by atoms with Crippen molar-refractivity contribution in [2.75, 3.05) is 64.4 Å². The molecule has 2 N–H and O–H groups in total. The highest BCUT2D eigenvalue weighted by atomic mass is 35.5. The van der Waals surface area contributed by atoms with Crippen LogP contribution < -0.4 is 10.4 Å². The first kappa shape index (κ1) is 32.9. The highest BCUT2D eigenvalue weighted by Crippen LogP contribution is 2.34. The van der Waals surface area contributed by atoms with Gasteiger partial charge in [-0.05, 0) is 43.4 Å². The van der Waals surface area contributed by atoms with Crippen LogP contribution in [0.1, 0.15) is 44.6 Å². The molecule has 0 bridgehead atoms. The molecule has 1 aromatic rings. The van der Waals surface area contributed by atoms with Gasteiger partial charge in [0.15, 0.2) is 4.75 Å². The summed E-state index contributed by atoms with van der Waals surface area (Å²) in [5.74, 6) is -0.833. The van der Waals surface area contributed by atoms with Gasteiger partial charge in [0.25, 0.3) is 5.91 Å². The van der Waals surface area contributed by atoms with Crippen molar-refractivity contribution >= 4 is 46.4 Å². The minimum atomic E-state index is -3.95. The highest BCUT2D eigenvalue weighted by Gasteiger charge is 2.55. The largest absolute Gasteiger partial charge is 0.383 e. The molecule has 3 rings (SSSR count). The van der Waals surface area contributed by atoms with Gasteiger partial charge in [-0.2, -0.15) is 4.31 Å². The molecule has 2 heterocycles. The van der Waals surface area contributed by atoms with Crippen LogP contribution in [0.25, 0.3) is 0 Å². The van der Waals surface area contributed by atoms with E-state index in [9.17, 15) is 18.4 Å². The molecule has 0 radical (unpaired) electrons. The summed E-state index contributed by atoms with van der Waals surface area (Å²) in [4.78, 5) is 17.0. The summed E-state index contributed by atoms with van der Waals surface area (Å²) in [5, 5.41) is 9.38. The summed E-state index contributed by atoms with van der Waals surface area (Å²) in [5.41, 5.74) is 4.05. The molecule has 2 saturated heterocycles. The molecule has 0 spiro atoms. The zero-order valence-corrected chi connectivity index (χ0v) is 23.8. The number of sulfonamides is 1. The normalized spacial score (nSPS) is 18.7. The number of aryl methyl sites for hydroxylation is 1. The van der Waals surface area contributed by atoms with Crippen molar-refractivity contribution in [2.24, 2.45) is 0 Å². The van der Waals surface area contributed by atoms with Crippen LogP contribution in [0.5, 0.6) is 0 Å². The van der Waals surface area contributed by atoms with Crippen molar-refractivity contribution in [3.63, 3.8) is 0 Å². The Bertz CT molecular complexity index is 888. The fraction of sp³-hybridized carbons (Fsp3) is 0.708. The topological polar surface area (TPSA) is 102 Å². The Morgan fingerprint density at radius 2 is 1.64 bits per heavy atom. The van der Waals surface area contributed by atoms with E-state index < -0.39 is 20.7 Å². The van der Waals surface area contributed by atoms with Gasteiger partial charge in [0.2, 0.25) is 10.0 Å². The third-order valence-corrected chi connectivity index (χ3v) is 9.86. The second-order valence-electron chi connectivity index (χ2n) is 9.28. The van der Waals surface area contributed by atoms with E-state index in [1.54, 1.807) is 12.6 Å². The van der Waals surface area contributed by atoms with Crippen molar-refractivity contribution in [1.82, 2.24) is 14.7 Å². The molecule has 36 heavy (non-hydrogen) atoms. The molecular weight excluding hydrogens is 527 g/mol. The summed E-state index contributed by atoms with van der Waals surface area (Å²) >= 11 is 0. The molecule has 2 aliphatic rings. The average molecular weight is 570 g/mol. The molecule has 0 atom stereocenters. The Morgan fingerprint density at radius 3 is 2.17 bits per heavy atom. The maximum absolute atomic E-state index is 13.7. The first-order chi connectivity index (χ1) is 16.4. The number of carbonyl (C=O) groups is 1. The zero-order chi connectivity index (χ0) is 24.6. The van der Waals surface area contributed by atoms with Gasteiger partial charge in [-0.25, -0.2) is 13.9 Å². The predicted molar refractivity (Wildman–Crippen MR) is 147 cm³/mol. The van der Waals surface area contributed by atoms with Crippen molar-refractivity contribution in [1.29, 1.82) is 0 Å². The summed E-state index contributed by atoms with van der Waals surface area (Å²) in [6.07, 6.45) is 5.01. The van der Waals surface area contributed by atoms with Gasteiger partial charge in [0, 0.05) is 58.6 Å². The number of benzene rings is 1. The Kier molecular flexibility index (Phi) is 14.0. The molecule has 1 aromatic carbocycles. The summed E-state index contributed by atoms with van der Waals surface area (Å²) in [6, 6.07) is 8.54. The number of nitrogens with one attached hydrogen (secondary N) is 1. The van der Waals surface area contributed by atoms with Gasteiger partial charge in [0.1, 0.15) is 0 Å². The van der Waals surface area contributed by atoms with Crippen LogP contribution in [0.3, 0.4) is 0 Å². The van der Waals surface area contributed by atoms with E-state index in [4.69, 9.17) is 4.74 Å². The summed E-state index contributed by atoms with van der Waals surface area (Å²) in [6.45, 7) is 6.10. The number of likely N-dealkylation sites (tertiary alicyclic amines) is 1. The molecular formula is C24H42Cl2N4O5S. The van der Waals surface area contributed by atoms with Crippen molar-refractivity contribution in [3.05, 3.63) is 29.8 Å². The SMILES string of the molecule is CCCCCc1ccc(N2CCN(S(=O)(=O)C3(C(=O)NO)CCN(CCOC)CC3)CC2)cc1.Cl.Cl. The lowest BCUT2D eigenvalue weighted by Crippen LogP contribution is -2.63. The monoisotopic (exact) mass is 568 g/mol. The Balaban J connectivity index is 0.00000324. The molecule has 0 saturated carbocycles. The van der Waals surface area contributed by atoms with Crippen LogP contribution in [0, 0.1) is 0 Å². The minimum Gasteiger partial charge on any atom is -0.383 e.